The lowest BCUT2D eigenvalue weighted by atomic mass is 10.2. The zero-order chi connectivity index (χ0) is 19.2. The highest BCUT2D eigenvalue weighted by Crippen LogP contribution is 2.24. The van der Waals surface area contributed by atoms with E-state index in [2.05, 4.69) is 68.7 Å². The molecule has 1 N–H and O–H groups in total. The highest BCUT2D eigenvalue weighted by Gasteiger charge is 2.20. The van der Waals surface area contributed by atoms with Gasteiger partial charge in [-0.25, -0.2) is 9.97 Å². The molecule has 4 rings (SSSR count). The molecule has 0 spiro atoms. The van der Waals surface area contributed by atoms with Gasteiger partial charge in [-0.2, -0.15) is 0 Å². The van der Waals surface area contributed by atoms with Crippen LogP contribution in [0.3, 0.4) is 0 Å². The largest absolute Gasteiger partial charge is 0.367 e. The molecular weight excluding hydrogens is 346 g/mol. The lowest BCUT2D eigenvalue weighted by molar-refractivity contribution is 0.283. The second-order valence-corrected chi connectivity index (χ2v) is 7.89. The van der Waals surface area contributed by atoms with Crippen LogP contribution in [0.1, 0.15) is 37.1 Å². The van der Waals surface area contributed by atoms with Crippen molar-refractivity contribution in [2.24, 2.45) is 0 Å². The average molecular weight is 378 g/mol. The third-order valence-electron chi connectivity index (χ3n) is 5.70. The van der Waals surface area contributed by atoms with Crippen molar-refractivity contribution >= 4 is 17.7 Å². The van der Waals surface area contributed by atoms with Crippen LogP contribution in [0.2, 0.25) is 0 Å². The smallest absolute Gasteiger partial charge is 0.134 e. The van der Waals surface area contributed by atoms with Crippen molar-refractivity contribution in [3.8, 4) is 0 Å². The Bertz CT molecular complexity index is 775. The van der Waals surface area contributed by atoms with E-state index in [9.17, 15) is 0 Å². The molecule has 2 aromatic rings. The number of benzene rings is 1. The molecule has 2 heterocycles. The summed E-state index contributed by atoms with van der Waals surface area (Å²) in [5.41, 5.74) is 1.26. The molecule has 5 heteroatoms. The maximum atomic E-state index is 4.70. The molecule has 0 bridgehead atoms. The Hall–Kier alpha value is -2.40. The Morgan fingerprint density at radius 3 is 2.54 bits per heavy atom. The molecular formula is C23H31N5. The Balaban J connectivity index is 1.30. The van der Waals surface area contributed by atoms with Gasteiger partial charge in [-0.3, -0.25) is 4.90 Å². The Labute approximate surface area is 168 Å². The first-order chi connectivity index (χ1) is 13.8. The number of nitrogens with one attached hydrogen (secondary N) is 1. The summed E-state index contributed by atoms with van der Waals surface area (Å²) in [6, 6.07) is 13.2. The molecule has 148 valence electrons. The van der Waals surface area contributed by atoms with Crippen molar-refractivity contribution in [2.75, 3.05) is 42.9 Å². The first kappa shape index (κ1) is 18.9. The molecule has 1 saturated heterocycles. The number of piperazine rings is 1. The van der Waals surface area contributed by atoms with Crippen LogP contribution in [-0.2, 0) is 0 Å². The van der Waals surface area contributed by atoms with Crippen molar-refractivity contribution in [3.05, 3.63) is 53.9 Å². The number of nitrogens with zero attached hydrogens (tertiary/aromatic N) is 4. The monoisotopic (exact) mass is 377 g/mol. The van der Waals surface area contributed by atoms with Gasteiger partial charge in [0.05, 0.1) is 0 Å². The van der Waals surface area contributed by atoms with Gasteiger partial charge in [0.1, 0.15) is 17.5 Å². The van der Waals surface area contributed by atoms with Crippen LogP contribution in [0.15, 0.2) is 42.5 Å². The van der Waals surface area contributed by atoms with E-state index >= 15 is 0 Å². The minimum Gasteiger partial charge on any atom is -0.367 e. The number of anilines is 2. The molecule has 0 unspecified atom stereocenters. The van der Waals surface area contributed by atoms with E-state index in [1.807, 2.05) is 6.92 Å². The van der Waals surface area contributed by atoms with Crippen LogP contribution in [0, 0.1) is 6.92 Å². The van der Waals surface area contributed by atoms with Crippen LogP contribution >= 0.6 is 0 Å². The van der Waals surface area contributed by atoms with Gasteiger partial charge in [0.15, 0.2) is 0 Å². The predicted molar refractivity (Wildman–Crippen MR) is 117 cm³/mol. The minimum absolute atomic E-state index is 0.579. The summed E-state index contributed by atoms with van der Waals surface area (Å²) in [4.78, 5) is 14.2. The Morgan fingerprint density at radius 1 is 1.04 bits per heavy atom. The molecule has 1 aliphatic carbocycles. The number of rotatable bonds is 6. The van der Waals surface area contributed by atoms with Crippen molar-refractivity contribution in [2.45, 2.75) is 38.6 Å². The van der Waals surface area contributed by atoms with Crippen molar-refractivity contribution < 1.29 is 0 Å². The summed E-state index contributed by atoms with van der Waals surface area (Å²) in [5.74, 6) is 2.90. The molecule has 0 atom stereocenters. The number of hydrogen-bond acceptors (Lipinski definition) is 5. The maximum Gasteiger partial charge on any atom is 0.134 e. The third-order valence-corrected chi connectivity index (χ3v) is 5.70. The van der Waals surface area contributed by atoms with E-state index in [-0.39, 0.29) is 0 Å². The SMILES string of the molecule is Cc1nc(NC2CCCC2)cc(N2CCN(C/C=C/c3ccccc3)CC2)n1. The van der Waals surface area contributed by atoms with Gasteiger partial charge in [-0.05, 0) is 25.3 Å². The summed E-state index contributed by atoms with van der Waals surface area (Å²) in [6.07, 6.45) is 9.65. The highest BCUT2D eigenvalue weighted by molar-refractivity contribution is 5.51. The highest BCUT2D eigenvalue weighted by atomic mass is 15.3. The normalized spacial score (nSPS) is 18.8. The predicted octanol–water partition coefficient (Wildman–Crippen LogP) is 3.97. The average Bonchev–Trinajstić information content (AvgIpc) is 3.22. The minimum atomic E-state index is 0.579. The van der Waals surface area contributed by atoms with Crippen LogP contribution in [0.25, 0.3) is 6.08 Å². The van der Waals surface area contributed by atoms with Crippen molar-refractivity contribution in [1.29, 1.82) is 0 Å². The zero-order valence-corrected chi connectivity index (χ0v) is 16.8. The number of aromatic nitrogens is 2. The summed E-state index contributed by atoms with van der Waals surface area (Å²) in [7, 11) is 0. The summed E-state index contributed by atoms with van der Waals surface area (Å²) in [6.45, 7) is 7.14. The second-order valence-electron chi connectivity index (χ2n) is 7.89. The molecule has 28 heavy (non-hydrogen) atoms. The topological polar surface area (TPSA) is 44.3 Å². The van der Waals surface area contributed by atoms with Crippen LogP contribution in [0.4, 0.5) is 11.6 Å². The van der Waals surface area contributed by atoms with Gasteiger partial charge in [-0.1, -0.05) is 55.3 Å². The van der Waals surface area contributed by atoms with E-state index in [4.69, 9.17) is 4.98 Å². The third kappa shape index (κ3) is 5.10. The molecule has 1 aliphatic heterocycles. The van der Waals surface area contributed by atoms with Crippen molar-refractivity contribution in [1.82, 2.24) is 14.9 Å². The van der Waals surface area contributed by atoms with E-state index in [0.717, 1.165) is 50.2 Å². The van der Waals surface area contributed by atoms with Gasteiger partial charge in [-0.15, -0.1) is 0 Å². The van der Waals surface area contributed by atoms with Gasteiger partial charge in [0.25, 0.3) is 0 Å². The molecule has 1 aromatic heterocycles. The molecule has 2 fully saturated rings. The summed E-state index contributed by atoms with van der Waals surface area (Å²) in [5, 5.41) is 3.62. The lowest BCUT2D eigenvalue weighted by Gasteiger charge is -2.35. The van der Waals surface area contributed by atoms with E-state index in [1.165, 1.54) is 31.2 Å². The lowest BCUT2D eigenvalue weighted by Crippen LogP contribution is -2.46. The van der Waals surface area contributed by atoms with Crippen LogP contribution < -0.4 is 10.2 Å². The molecule has 0 radical (unpaired) electrons. The van der Waals surface area contributed by atoms with Crippen LogP contribution in [0.5, 0.6) is 0 Å². The zero-order valence-electron chi connectivity index (χ0n) is 16.8. The fraction of sp³-hybridized carbons (Fsp3) is 0.478. The second kappa shape index (κ2) is 9.20. The van der Waals surface area contributed by atoms with Crippen LogP contribution in [-0.4, -0.2) is 53.6 Å². The number of hydrogen-bond donors (Lipinski definition) is 1. The standard InChI is InChI=1S/C23H31N5/c1-19-24-22(26-21-11-5-6-12-21)18-23(25-19)28-16-14-27(15-17-28)13-7-10-20-8-3-2-4-9-20/h2-4,7-10,18,21H,5-6,11-17H2,1H3,(H,24,25,26)/b10-7+. The maximum absolute atomic E-state index is 4.70. The first-order valence-corrected chi connectivity index (χ1v) is 10.6. The quantitative estimate of drug-likeness (QED) is 0.825. The first-order valence-electron chi connectivity index (χ1n) is 10.6. The molecule has 2 aliphatic rings. The molecule has 1 aromatic carbocycles. The number of aryl methyl sites for hydroxylation is 1. The summed E-state index contributed by atoms with van der Waals surface area (Å²) >= 11 is 0. The van der Waals surface area contributed by atoms with Gasteiger partial charge in [0.2, 0.25) is 0 Å². The van der Waals surface area contributed by atoms with Crippen molar-refractivity contribution in [3.63, 3.8) is 0 Å². The van der Waals surface area contributed by atoms with E-state index < -0.39 is 0 Å². The van der Waals surface area contributed by atoms with E-state index in [0.29, 0.717) is 6.04 Å². The Kier molecular flexibility index (Phi) is 6.22. The summed E-state index contributed by atoms with van der Waals surface area (Å²) < 4.78 is 0. The molecule has 0 amide bonds. The fourth-order valence-corrected chi connectivity index (χ4v) is 4.13. The van der Waals surface area contributed by atoms with E-state index in [1.54, 1.807) is 0 Å². The molecule has 1 saturated carbocycles. The molecule has 5 nitrogen and oxygen atoms in total. The van der Waals surface area contributed by atoms with Gasteiger partial charge in [0, 0.05) is 44.8 Å². The van der Waals surface area contributed by atoms with Gasteiger partial charge >= 0.3 is 0 Å². The Morgan fingerprint density at radius 2 is 1.79 bits per heavy atom. The van der Waals surface area contributed by atoms with Gasteiger partial charge < -0.3 is 10.2 Å². The fourth-order valence-electron chi connectivity index (χ4n) is 4.13.